The Balaban J connectivity index is 0.00000312. The van der Waals surface area contributed by atoms with E-state index in [1.165, 1.54) is 5.56 Å². The number of rotatable bonds is 5. The van der Waals surface area contributed by atoms with Crippen molar-refractivity contribution >= 4 is 29.9 Å². The summed E-state index contributed by atoms with van der Waals surface area (Å²) in [5.41, 5.74) is 7.24. The number of benzene rings is 1. The summed E-state index contributed by atoms with van der Waals surface area (Å²) < 4.78 is 11.1. The summed E-state index contributed by atoms with van der Waals surface area (Å²) in [5.74, 6) is 1.40. The second kappa shape index (κ2) is 9.62. The van der Waals surface area contributed by atoms with Crippen LogP contribution in [0, 0.1) is 0 Å². The lowest BCUT2D eigenvalue weighted by Crippen LogP contribution is -2.46. The summed E-state index contributed by atoms with van der Waals surface area (Å²) in [6.07, 6.45) is 1.90. The van der Waals surface area contributed by atoms with Crippen molar-refractivity contribution in [3.05, 3.63) is 29.8 Å². The van der Waals surface area contributed by atoms with Crippen LogP contribution in [0.3, 0.4) is 0 Å². The van der Waals surface area contributed by atoms with Gasteiger partial charge in [0, 0.05) is 24.2 Å². The van der Waals surface area contributed by atoms with Crippen LogP contribution >= 0.6 is 24.0 Å². The van der Waals surface area contributed by atoms with Gasteiger partial charge in [-0.1, -0.05) is 12.1 Å². The Morgan fingerprint density at radius 3 is 2.36 bits per heavy atom. The van der Waals surface area contributed by atoms with Gasteiger partial charge in [-0.2, -0.15) is 0 Å². The van der Waals surface area contributed by atoms with Crippen molar-refractivity contribution in [3.63, 3.8) is 0 Å². The molecule has 0 radical (unpaired) electrons. The molecule has 1 saturated heterocycles. The van der Waals surface area contributed by atoms with E-state index in [0.717, 1.165) is 31.8 Å². The van der Waals surface area contributed by atoms with Gasteiger partial charge in [-0.05, 0) is 58.2 Å². The maximum atomic E-state index is 6.07. The molecule has 6 heteroatoms. The van der Waals surface area contributed by atoms with Crippen molar-refractivity contribution < 1.29 is 9.47 Å². The highest BCUT2D eigenvalue weighted by atomic mass is 127. The third kappa shape index (κ3) is 6.66. The molecule has 0 saturated carbocycles. The van der Waals surface area contributed by atoms with Crippen molar-refractivity contribution in [3.8, 4) is 5.75 Å². The number of halogens is 1. The highest BCUT2D eigenvalue weighted by Crippen LogP contribution is 2.36. The van der Waals surface area contributed by atoms with Crippen LogP contribution < -0.4 is 15.8 Å². The predicted molar refractivity (Wildman–Crippen MR) is 114 cm³/mol. The summed E-state index contributed by atoms with van der Waals surface area (Å²) in [7, 11) is 0. The third-order valence-corrected chi connectivity index (χ3v) is 4.28. The van der Waals surface area contributed by atoms with Gasteiger partial charge in [0.05, 0.1) is 13.2 Å². The van der Waals surface area contributed by atoms with E-state index in [9.17, 15) is 0 Å². The topological polar surface area (TPSA) is 68.9 Å². The summed E-state index contributed by atoms with van der Waals surface area (Å²) in [6.45, 7) is 11.1. The summed E-state index contributed by atoms with van der Waals surface area (Å²) in [4.78, 5) is 4.64. The molecule has 2 rings (SSSR count). The average Bonchev–Trinajstić information content (AvgIpc) is 2.53. The first-order chi connectivity index (χ1) is 11.3. The van der Waals surface area contributed by atoms with E-state index in [1.807, 2.05) is 19.1 Å². The van der Waals surface area contributed by atoms with Gasteiger partial charge in [-0.15, -0.1) is 24.0 Å². The molecule has 142 valence electrons. The Kier molecular flexibility index (Phi) is 8.47. The molecule has 1 aromatic rings. The zero-order valence-electron chi connectivity index (χ0n) is 15.8. The van der Waals surface area contributed by atoms with Gasteiger partial charge in [-0.3, -0.25) is 4.99 Å². The van der Waals surface area contributed by atoms with E-state index in [1.54, 1.807) is 0 Å². The van der Waals surface area contributed by atoms with E-state index >= 15 is 0 Å². The monoisotopic (exact) mass is 461 g/mol. The molecule has 0 unspecified atom stereocenters. The Morgan fingerprint density at radius 2 is 1.84 bits per heavy atom. The molecular formula is C19H32IN3O2. The summed E-state index contributed by atoms with van der Waals surface area (Å²) >= 11 is 0. The second-order valence-corrected chi connectivity index (χ2v) is 7.43. The molecular weight excluding hydrogens is 429 g/mol. The fourth-order valence-corrected chi connectivity index (χ4v) is 3.03. The van der Waals surface area contributed by atoms with Gasteiger partial charge in [0.2, 0.25) is 0 Å². The molecule has 0 aromatic heterocycles. The first-order valence-electron chi connectivity index (χ1n) is 8.74. The molecule has 5 nitrogen and oxygen atoms in total. The van der Waals surface area contributed by atoms with Crippen molar-refractivity contribution in [1.29, 1.82) is 0 Å². The Bertz CT molecular complexity index is 547. The normalized spacial score (nSPS) is 17.5. The van der Waals surface area contributed by atoms with Gasteiger partial charge in [-0.25, -0.2) is 0 Å². The first-order valence-corrected chi connectivity index (χ1v) is 8.74. The lowest BCUT2D eigenvalue weighted by atomic mass is 9.74. The van der Waals surface area contributed by atoms with Crippen LogP contribution in [0.1, 0.15) is 46.1 Å². The number of nitrogens with zero attached hydrogens (tertiary/aromatic N) is 1. The minimum Gasteiger partial charge on any atom is -0.494 e. The van der Waals surface area contributed by atoms with Crippen LogP contribution in [0.4, 0.5) is 0 Å². The van der Waals surface area contributed by atoms with Crippen LogP contribution in [0.2, 0.25) is 0 Å². The molecule has 1 aromatic carbocycles. The van der Waals surface area contributed by atoms with E-state index in [2.05, 4.69) is 43.2 Å². The maximum absolute atomic E-state index is 6.07. The molecule has 3 N–H and O–H groups in total. The van der Waals surface area contributed by atoms with Gasteiger partial charge < -0.3 is 20.5 Å². The molecule has 1 fully saturated rings. The minimum absolute atomic E-state index is 0. The molecule has 0 bridgehead atoms. The molecule has 1 heterocycles. The van der Waals surface area contributed by atoms with E-state index in [0.29, 0.717) is 19.1 Å². The maximum Gasteiger partial charge on any atom is 0.189 e. The molecule has 0 spiro atoms. The standard InChI is InChI=1S/C19H31N3O2.HI/c1-5-24-16-8-6-15(7-9-16)19(10-12-23-13-11-19)14-21-17(20)22-18(2,3)4;/h6-9H,5,10-14H2,1-4H3,(H3,20,21,22);1H. The minimum atomic E-state index is -0.0877. The zero-order chi connectivity index (χ0) is 17.6. The smallest absolute Gasteiger partial charge is 0.189 e. The molecule has 1 aliphatic rings. The average molecular weight is 461 g/mol. The number of guanidine groups is 1. The van der Waals surface area contributed by atoms with Gasteiger partial charge in [0.1, 0.15) is 5.75 Å². The van der Waals surface area contributed by atoms with Crippen molar-refractivity contribution in [2.24, 2.45) is 10.7 Å². The lowest BCUT2D eigenvalue weighted by molar-refractivity contribution is 0.0531. The zero-order valence-corrected chi connectivity index (χ0v) is 18.1. The quantitative estimate of drug-likeness (QED) is 0.401. The number of nitrogens with two attached hydrogens (primary N) is 1. The van der Waals surface area contributed by atoms with Crippen LogP contribution in [0.15, 0.2) is 29.3 Å². The number of hydrogen-bond acceptors (Lipinski definition) is 3. The molecule has 25 heavy (non-hydrogen) atoms. The Labute approximate surface area is 168 Å². The largest absolute Gasteiger partial charge is 0.494 e. The van der Waals surface area contributed by atoms with Crippen molar-refractivity contribution in [2.45, 2.75) is 51.5 Å². The van der Waals surface area contributed by atoms with Crippen LogP contribution in [-0.2, 0) is 10.2 Å². The fraction of sp³-hybridized carbons (Fsp3) is 0.632. The molecule has 0 atom stereocenters. The van der Waals surface area contributed by atoms with E-state index in [-0.39, 0.29) is 34.9 Å². The summed E-state index contributed by atoms with van der Waals surface area (Å²) in [5, 5.41) is 3.23. The molecule has 0 aliphatic carbocycles. The number of ether oxygens (including phenoxy) is 2. The van der Waals surface area contributed by atoms with E-state index in [4.69, 9.17) is 15.2 Å². The van der Waals surface area contributed by atoms with Crippen LogP contribution in [-0.4, -0.2) is 37.9 Å². The highest BCUT2D eigenvalue weighted by Gasteiger charge is 2.34. The van der Waals surface area contributed by atoms with Crippen molar-refractivity contribution in [1.82, 2.24) is 5.32 Å². The third-order valence-electron chi connectivity index (χ3n) is 4.28. The molecule has 0 amide bonds. The predicted octanol–water partition coefficient (Wildman–Crippen LogP) is 3.45. The number of aliphatic imine (C=N–C) groups is 1. The lowest BCUT2D eigenvalue weighted by Gasteiger charge is -2.37. The fourth-order valence-electron chi connectivity index (χ4n) is 3.03. The van der Waals surface area contributed by atoms with Crippen LogP contribution in [0.25, 0.3) is 0 Å². The summed E-state index contributed by atoms with van der Waals surface area (Å²) in [6, 6.07) is 8.38. The Morgan fingerprint density at radius 1 is 1.24 bits per heavy atom. The first kappa shape index (κ1) is 22.0. The van der Waals surface area contributed by atoms with Crippen LogP contribution in [0.5, 0.6) is 5.75 Å². The SMILES string of the molecule is CCOc1ccc(C2(CN=C(N)NC(C)(C)C)CCOCC2)cc1.I. The second-order valence-electron chi connectivity index (χ2n) is 7.43. The van der Waals surface area contributed by atoms with Gasteiger partial charge >= 0.3 is 0 Å². The highest BCUT2D eigenvalue weighted by molar-refractivity contribution is 14.0. The van der Waals surface area contributed by atoms with Gasteiger partial charge in [0.15, 0.2) is 5.96 Å². The number of nitrogens with one attached hydrogen (secondary N) is 1. The molecule has 1 aliphatic heterocycles. The number of hydrogen-bond donors (Lipinski definition) is 2. The van der Waals surface area contributed by atoms with Crippen molar-refractivity contribution in [2.75, 3.05) is 26.4 Å². The van der Waals surface area contributed by atoms with Gasteiger partial charge in [0.25, 0.3) is 0 Å². The van der Waals surface area contributed by atoms with E-state index < -0.39 is 0 Å². The Hall–Kier alpha value is -1.02.